The molecule has 0 saturated carbocycles. The Morgan fingerprint density at radius 3 is 1.52 bits per heavy atom. The number of rotatable bonds is 4. The summed E-state index contributed by atoms with van der Waals surface area (Å²) in [5, 5.41) is 0. The first-order chi connectivity index (χ1) is 19.4. The Morgan fingerprint density at radius 1 is 0.625 bits per heavy atom. The lowest BCUT2D eigenvalue weighted by molar-refractivity contribution is -0.693. The summed E-state index contributed by atoms with van der Waals surface area (Å²) in [5.74, 6) is -1.89. The van der Waals surface area contributed by atoms with Crippen molar-refractivity contribution in [1.29, 1.82) is 0 Å². The molecule has 0 radical (unpaired) electrons. The molecule has 0 spiro atoms. The molecule has 0 bridgehead atoms. The summed E-state index contributed by atoms with van der Waals surface area (Å²) >= 11 is 0. The molecular formula is C33H26N3O4+. The largest absolute Gasteiger partial charge is 0.287 e. The number of benzene rings is 3. The molecule has 0 saturated heterocycles. The van der Waals surface area contributed by atoms with Gasteiger partial charge in [0.05, 0.1) is 16.9 Å². The minimum atomic E-state index is -0.487. The number of ketones is 2. The zero-order valence-electron chi connectivity index (χ0n) is 22.1. The van der Waals surface area contributed by atoms with Gasteiger partial charge in [0.25, 0.3) is 11.8 Å². The van der Waals surface area contributed by atoms with Crippen molar-refractivity contribution in [3.05, 3.63) is 137 Å². The third-order valence-corrected chi connectivity index (χ3v) is 7.40. The van der Waals surface area contributed by atoms with Crippen LogP contribution in [0.2, 0.25) is 0 Å². The number of amides is 2. The van der Waals surface area contributed by atoms with E-state index >= 15 is 0 Å². The second-order valence-corrected chi connectivity index (χ2v) is 9.64. The monoisotopic (exact) mass is 528 g/mol. The normalized spacial score (nSPS) is 15.8. The highest BCUT2D eigenvalue weighted by molar-refractivity contribution is 6.35. The van der Waals surface area contributed by atoms with E-state index in [1.54, 1.807) is 85.2 Å². The molecule has 3 aromatic carbocycles. The van der Waals surface area contributed by atoms with Crippen LogP contribution in [0.15, 0.2) is 109 Å². The Hall–Kier alpha value is -5.17. The maximum Gasteiger partial charge on any atom is 0.263 e. The number of pyridine rings is 1. The van der Waals surface area contributed by atoms with Gasteiger partial charge in [-0.05, 0) is 55.3 Å². The van der Waals surface area contributed by atoms with Gasteiger partial charge >= 0.3 is 0 Å². The number of nitrogens with zero attached hydrogens (tertiary/aromatic N) is 3. The molecule has 6 rings (SSSR count). The van der Waals surface area contributed by atoms with E-state index in [-0.39, 0.29) is 11.4 Å². The first-order valence-electron chi connectivity index (χ1n) is 13.2. The summed E-state index contributed by atoms with van der Waals surface area (Å²) in [7, 11) is 0. The summed E-state index contributed by atoms with van der Waals surface area (Å²) in [6.45, 7) is 4.75. The molecule has 3 heterocycles. The van der Waals surface area contributed by atoms with E-state index in [9.17, 15) is 19.2 Å². The van der Waals surface area contributed by atoms with Crippen LogP contribution in [0.1, 0.15) is 60.8 Å². The van der Waals surface area contributed by atoms with E-state index in [0.717, 1.165) is 18.5 Å². The number of aryl methyl sites for hydroxylation is 2. The number of hydrogen-bond donors (Lipinski definition) is 0. The molecule has 1 aromatic heterocycles. The molecule has 40 heavy (non-hydrogen) atoms. The number of carbonyl (C=O) groups is 4. The Kier molecular flexibility index (Phi) is 6.19. The van der Waals surface area contributed by atoms with Crippen molar-refractivity contribution < 1.29 is 23.7 Å². The molecule has 0 aliphatic carbocycles. The van der Waals surface area contributed by atoms with Gasteiger partial charge in [0, 0.05) is 28.8 Å². The Bertz CT molecular complexity index is 1610. The van der Waals surface area contributed by atoms with Gasteiger partial charge in [0.15, 0.2) is 12.4 Å². The van der Waals surface area contributed by atoms with Gasteiger partial charge in [-0.15, -0.1) is 0 Å². The maximum absolute atomic E-state index is 14.0. The molecule has 7 nitrogen and oxygen atoms in total. The zero-order valence-corrected chi connectivity index (χ0v) is 22.1. The number of hydrogen-bond acceptors (Lipinski definition) is 4. The van der Waals surface area contributed by atoms with Crippen molar-refractivity contribution in [3.8, 4) is 0 Å². The SMILES string of the molecule is CCc1ccc(C(=O)N2/C(=C3\C(=O)c4ccccc4N3C(=O)c3cc[n+](CC)cc3)C(=O)c3ccccc32)cc1. The van der Waals surface area contributed by atoms with Gasteiger partial charge in [-0.25, -0.2) is 4.57 Å². The van der Waals surface area contributed by atoms with Crippen LogP contribution in [0.4, 0.5) is 11.4 Å². The Labute approximate surface area is 231 Å². The fourth-order valence-electron chi connectivity index (χ4n) is 5.22. The van der Waals surface area contributed by atoms with Crippen molar-refractivity contribution in [3.63, 3.8) is 0 Å². The van der Waals surface area contributed by atoms with Crippen LogP contribution < -0.4 is 14.4 Å². The molecule has 0 N–H and O–H groups in total. The van der Waals surface area contributed by atoms with Crippen LogP contribution in [0.3, 0.4) is 0 Å². The van der Waals surface area contributed by atoms with Gasteiger partial charge in [0.2, 0.25) is 11.6 Å². The molecular weight excluding hydrogens is 502 g/mol. The third-order valence-electron chi connectivity index (χ3n) is 7.40. The molecule has 196 valence electrons. The highest BCUT2D eigenvalue weighted by Crippen LogP contribution is 2.43. The van der Waals surface area contributed by atoms with Crippen molar-refractivity contribution in [2.24, 2.45) is 0 Å². The van der Waals surface area contributed by atoms with Gasteiger partial charge in [-0.1, -0.05) is 43.3 Å². The molecule has 7 heteroatoms. The highest BCUT2D eigenvalue weighted by Gasteiger charge is 2.46. The Morgan fingerprint density at radius 2 is 1.07 bits per heavy atom. The molecule has 2 amide bonds. The summed E-state index contributed by atoms with van der Waals surface area (Å²) < 4.78 is 1.92. The first-order valence-corrected chi connectivity index (χ1v) is 13.2. The third kappa shape index (κ3) is 3.86. The van der Waals surface area contributed by atoms with Crippen molar-refractivity contribution in [2.75, 3.05) is 9.80 Å². The van der Waals surface area contributed by atoms with E-state index in [1.165, 1.54) is 9.80 Å². The van der Waals surface area contributed by atoms with Crippen molar-refractivity contribution >= 4 is 34.8 Å². The van der Waals surface area contributed by atoms with E-state index in [0.29, 0.717) is 33.6 Å². The number of para-hydroxylation sites is 2. The minimum Gasteiger partial charge on any atom is -0.287 e. The predicted molar refractivity (Wildman–Crippen MR) is 150 cm³/mol. The number of fused-ring (bicyclic) bond motifs is 2. The lowest BCUT2D eigenvalue weighted by Gasteiger charge is -2.24. The number of Topliss-reactive ketones (excluding diaryl/α,β-unsaturated/α-hetero) is 2. The van der Waals surface area contributed by atoms with Gasteiger partial charge in [0.1, 0.15) is 17.9 Å². The fraction of sp³-hybridized carbons (Fsp3) is 0.121. The standard InChI is InChI=1S/C33H26N3O4/c1-3-21-13-15-22(16-14-21)32(39)35-26-11-7-5-9-24(26)30(37)28(35)29-31(38)25-10-6-8-12-27(25)36(29)33(40)23-17-19-34(4-2)20-18-23/h5-20H,3-4H2,1-2H3/q+1/b29-28+. The van der Waals surface area contributed by atoms with Crippen LogP contribution in [-0.2, 0) is 13.0 Å². The predicted octanol–water partition coefficient (Wildman–Crippen LogP) is 5.15. The second-order valence-electron chi connectivity index (χ2n) is 9.64. The molecule has 0 fully saturated rings. The number of carbonyl (C=O) groups excluding carboxylic acids is 4. The van der Waals surface area contributed by atoms with Crippen LogP contribution in [0.5, 0.6) is 0 Å². The van der Waals surface area contributed by atoms with E-state index < -0.39 is 23.4 Å². The van der Waals surface area contributed by atoms with Crippen LogP contribution in [0, 0.1) is 0 Å². The number of anilines is 2. The lowest BCUT2D eigenvalue weighted by atomic mass is 10.1. The van der Waals surface area contributed by atoms with Gasteiger partial charge in [-0.3, -0.25) is 29.0 Å². The van der Waals surface area contributed by atoms with Gasteiger partial charge in [-0.2, -0.15) is 0 Å². The molecule has 0 atom stereocenters. The smallest absolute Gasteiger partial charge is 0.263 e. The van der Waals surface area contributed by atoms with E-state index in [1.807, 2.05) is 30.5 Å². The van der Waals surface area contributed by atoms with E-state index in [4.69, 9.17) is 0 Å². The first kappa shape index (κ1) is 25.1. The zero-order chi connectivity index (χ0) is 28.0. The number of aromatic nitrogens is 1. The van der Waals surface area contributed by atoms with Crippen LogP contribution >= 0.6 is 0 Å². The maximum atomic E-state index is 14.0. The van der Waals surface area contributed by atoms with Crippen LogP contribution in [-0.4, -0.2) is 23.4 Å². The summed E-state index contributed by atoms with van der Waals surface area (Å²) in [6, 6.07) is 24.1. The topological polar surface area (TPSA) is 78.6 Å². The summed E-state index contributed by atoms with van der Waals surface area (Å²) in [5.41, 5.74) is 2.87. The summed E-state index contributed by atoms with van der Waals surface area (Å²) in [6.07, 6.45) is 4.39. The van der Waals surface area contributed by atoms with Gasteiger partial charge < -0.3 is 0 Å². The van der Waals surface area contributed by atoms with E-state index in [2.05, 4.69) is 0 Å². The number of allylic oxidation sites excluding steroid dienone is 2. The minimum absolute atomic E-state index is 0.125. The average Bonchev–Trinajstić information content (AvgIpc) is 3.46. The fourth-order valence-corrected chi connectivity index (χ4v) is 5.22. The molecule has 4 aromatic rings. The lowest BCUT2D eigenvalue weighted by Crippen LogP contribution is -2.37. The summed E-state index contributed by atoms with van der Waals surface area (Å²) in [4.78, 5) is 58.6. The quantitative estimate of drug-likeness (QED) is 0.271. The van der Waals surface area contributed by atoms with Crippen LogP contribution in [0.25, 0.3) is 0 Å². The molecule has 2 aliphatic heterocycles. The van der Waals surface area contributed by atoms with Crippen molar-refractivity contribution in [1.82, 2.24) is 0 Å². The van der Waals surface area contributed by atoms with Crippen molar-refractivity contribution in [2.45, 2.75) is 26.8 Å². The molecule has 0 unspecified atom stereocenters. The molecule has 2 aliphatic rings. The Balaban J connectivity index is 1.57. The second kappa shape index (κ2) is 9.85. The highest BCUT2D eigenvalue weighted by atomic mass is 16.2. The average molecular weight is 529 g/mol.